The van der Waals surface area contributed by atoms with Gasteiger partial charge in [-0.1, -0.05) is 30.3 Å². The van der Waals surface area contributed by atoms with Gasteiger partial charge >= 0.3 is 6.09 Å². The number of nitriles is 1. The quantitative estimate of drug-likeness (QED) is 0.720. The molecule has 1 saturated carbocycles. The molecule has 2 aromatic rings. The number of carbonyl (C=O) groups excluding carboxylic acids is 1. The summed E-state index contributed by atoms with van der Waals surface area (Å²) in [4.78, 5) is 27.6. The van der Waals surface area contributed by atoms with E-state index in [-0.39, 0.29) is 30.3 Å². The van der Waals surface area contributed by atoms with Gasteiger partial charge in [-0.05, 0) is 25.3 Å². The van der Waals surface area contributed by atoms with E-state index in [9.17, 15) is 9.90 Å². The molecule has 1 aromatic carbocycles. The molecule has 1 spiro atoms. The second-order valence-corrected chi connectivity index (χ2v) is 9.93. The van der Waals surface area contributed by atoms with Gasteiger partial charge in [-0.2, -0.15) is 5.26 Å². The van der Waals surface area contributed by atoms with E-state index in [0.29, 0.717) is 24.6 Å². The summed E-state index contributed by atoms with van der Waals surface area (Å²) in [5.74, 6) is 0.489. The number of likely N-dealkylation sites (tertiary alicyclic amines) is 1. The minimum atomic E-state index is -0.408. The van der Waals surface area contributed by atoms with E-state index in [2.05, 4.69) is 39.1 Å². The molecule has 2 aliphatic heterocycles. The second kappa shape index (κ2) is 9.20. The first-order chi connectivity index (χ1) is 16.5. The first kappa shape index (κ1) is 22.6. The van der Waals surface area contributed by atoms with Gasteiger partial charge in [-0.15, -0.1) is 0 Å². The van der Waals surface area contributed by atoms with Crippen LogP contribution < -0.4 is 4.90 Å². The number of hydrogen-bond acceptors (Lipinski definition) is 8. The average molecular weight is 463 g/mol. The van der Waals surface area contributed by atoms with Crippen molar-refractivity contribution in [3.05, 3.63) is 53.9 Å². The van der Waals surface area contributed by atoms with Crippen molar-refractivity contribution in [2.75, 3.05) is 37.7 Å². The van der Waals surface area contributed by atoms with Crippen LogP contribution in [0, 0.1) is 16.7 Å². The van der Waals surface area contributed by atoms with Crippen molar-refractivity contribution >= 4 is 12.0 Å². The third kappa shape index (κ3) is 4.43. The summed E-state index contributed by atoms with van der Waals surface area (Å²) in [6.45, 7) is 5.77. The molecule has 3 aliphatic rings. The Bertz CT molecular complexity index is 1040. The van der Waals surface area contributed by atoms with Gasteiger partial charge in [0, 0.05) is 38.1 Å². The maximum atomic E-state index is 13.0. The Morgan fingerprint density at radius 3 is 2.56 bits per heavy atom. The molecule has 178 valence electrons. The zero-order chi connectivity index (χ0) is 23.7. The molecule has 0 bridgehead atoms. The van der Waals surface area contributed by atoms with E-state index in [0.717, 1.165) is 32.5 Å². The summed E-state index contributed by atoms with van der Waals surface area (Å²) in [7, 11) is 0. The summed E-state index contributed by atoms with van der Waals surface area (Å²) in [5, 5.41) is 18.9. The second-order valence-electron chi connectivity index (χ2n) is 9.93. The number of aliphatic hydroxyl groups excluding tert-OH is 1. The molecule has 2 saturated heterocycles. The molecule has 2 atom stereocenters. The molecule has 1 amide bonds. The molecule has 9 heteroatoms. The lowest BCUT2D eigenvalue weighted by atomic mass is 9.61. The van der Waals surface area contributed by atoms with Gasteiger partial charge in [0.15, 0.2) is 0 Å². The van der Waals surface area contributed by atoms with Crippen LogP contribution in [0.3, 0.4) is 0 Å². The molecule has 9 nitrogen and oxygen atoms in total. The topological polar surface area (TPSA) is 106 Å². The van der Waals surface area contributed by atoms with Gasteiger partial charge in [-0.3, -0.25) is 9.80 Å². The maximum Gasteiger partial charge on any atom is 0.410 e. The van der Waals surface area contributed by atoms with Crippen LogP contribution in [0.2, 0.25) is 0 Å². The molecule has 1 aromatic heterocycles. The van der Waals surface area contributed by atoms with Crippen LogP contribution in [-0.2, 0) is 11.3 Å². The fourth-order valence-corrected chi connectivity index (χ4v) is 5.67. The normalized spacial score (nSPS) is 24.3. The summed E-state index contributed by atoms with van der Waals surface area (Å²) in [5.41, 5.74) is 2.01. The van der Waals surface area contributed by atoms with Crippen molar-refractivity contribution in [2.45, 2.75) is 44.5 Å². The monoisotopic (exact) mass is 462 g/mol. The maximum absolute atomic E-state index is 13.0. The zero-order valence-corrected chi connectivity index (χ0v) is 19.4. The highest BCUT2D eigenvalue weighted by Gasteiger charge is 2.54. The standard InChI is InChI=1S/C25H30N6O3/c1-18-12-30(23-27-10-20(9-26)11-28-23)14-21(15-32)31(18)24(33)34-22-7-25(8-22)16-29(17-25)13-19-5-3-2-4-6-19/h2-6,10-11,18,21-22,32H,7-8,12-17H2,1H3. The minimum Gasteiger partial charge on any atom is -0.446 e. The van der Waals surface area contributed by atoms with Crippen LogP contribution >= 0.6 is 0 Å². The number of nitrogens with zero attached hydrogens (tertiary/aromatic N) is 6. The highest BCUT2D eigenvalue weighted by Crippen LogP contribution is 2.50. The van der Waals surface area contributed by atoms with Gasteiger partial charge in [0.05, 0.1) is 36.6 Å². The molecule has 1 aliphatic carbocycles. The third-order valence-electron chi connectivity index (χ3n) is 7.21. The Morgan fingerprint density at radius 1 is 1.21 bits per heavy atom. The van der Waals surface area contributed by atoms with Gasteiger partial charge in [0.25, 0.3) is 0 Å². The molecule has 1 N–H and O–H groups in total. The van der Waals surface area contributed by atoms with Crippen LogP contribution in [0.1, 0.15) is 30.9 Å². The fourth-order valence-electron chi connectivity index (χ4n) is 5.67. The predicted octanol–water partition coefficient (Wildman–Crippen LogP) is 2.02. The highest BCUT2D eigenvalue weighted by atomic mass is 16.6. The van der Waals surface area contributed by atoms with E-state index in [1.54, 1.807) is 4.90 Å². The van der Waals surface area contributed by atoms with Crippen molar-refractivity contribution in [3.63, 3.8) is 0 Å². The average Bonchev–Trinajstić information content (AvgIpc) is 2.81. The number of carbonyl (C=O) groups is 1. The van der Waals surface area contributed by atoms with Crippen molar-refractivity contribution in [1.29, 1.82) is 5.26 Å². The number of aromatic nitrogens is 2. The van der Waals surface area contributed by atoms with Gasteiger partial charge in [-0.25, -0.2) is 14.8 Å². The van der Waals surface area contributed by atoms with E-state index < -0.39 is 6.04 Å². The fraction of sp³-hybridized carbons (Fsp3) is 0.520. The largest absolute Gasteiger partial charge is 0.446 e. The van der Waals surface area contributed by atoms with E-state index in [1.165, 1.54) is 18.0 Å². The number of anilines is 1. The number of amides is 1. The van der Waals surface area contributed by atoms with Crippen LogP contribution in [0.15, 0.2) is 42.7 Å². The van der Waals surface area contributed by atoms with Crippen molar-refractivity contribution < 1.29 is 14.6 Å². The zero-order valence-electron chi connectivity index (χ0n) is 19.4. The first-order valence-corrected chi connectivity index (χ1v) is 11.8. The molecule has 3 fully saturated rings. The third-order valence-corrected chi connectivity index (χ3v) is 7.21. The first-order valence-electron chi connectivity index (χ1n) is 11.8. The van der Waals surface area contributed by atoms with E-state index in [4.69, 9.17) is 10.00 Å². The number of ether oxygens (including phenoxy) is 1. The lowest BCUT2D eigenvalue weighted by Gasteiger charge is -2.58. The lowest BCUT2D eigenvalue weighted by Crippen LogP contribution is -2.65. The Morgan fingerprint density at radius 2 is 1.91 bits per heavy atom. The van der Waals surface area contributed by atoms with Gasteiger partial charge in [0.1, 0.15) is 12.2 Å². The van der Waals surface area contributed by atoms with E-state index in [1.807, 2.05) is 24.0 Å². The predicted molar refractivity (Wildman–Crippen MR) is 125 cm³/mol. The smallest absolute Gasteiger partial charge is 0.410 e. The minimum absolute atomic E-state index is 0.0576. The van der Waals surface area contributed by atoms with Gasteiger partial charge < -0.3 is 14.7 Å². The number of rotatable bonds is 5. The summed E-state index contributed by atoms with van der Waals surface area (Å²) >= 11 is 0. The van der Waals surface area contributed by atoms with Crippen LogP contribution in [-0.4, -0.2) is 81.9 Å². The number of hydrogen-bond donors (Lipinski definition) is 1. The number of aliphatic hydroxyl groups is 1. The Kier molecular flexibility index (Phi) is 6.11. The highest BCUT2D eigenvalue weighted by molar-refractivity contribution is 5.69. The summed E-state index contributed by atoms with van der Waals surface area (Å²) in [6.07, 6.45) is 4.36. The van der Waals surface area contributed by atoms with Crippen LogP contribution in [0.5, 0.6) is 0 Å². The summed E-state index contributed by atoms with van der Waals surface area (Å²) in [6, 6.07) is 11.9. The Balaban J connectivity index is 1.12. The molecular formula is C25H30N6O3. The molecule has 3 heterocycles. The van der Waals surface area contributed by atoms with Crippen molar-refractivity contribution in [1.82, 2.24) is 19.8 Å². The van der Waals surface area contributed by atoms with Gasteiger partial charge in [0.2, 0.25) is 5.95 Å². The molecular weight excluding hydrogens is 432 g/mol. The molecule has 2 unspecified atom stereocenters. The Hall–Kier alpha value is -3.22. The van der Waals surface area contributed by atoms with Crippen molar-refractivity contribution in [2.24, 2.45) is 5.41 Å². The SMILES string of the molecule is CC1CN(c2ncc(C#N)cn2)CC(CO)N1C(=O)OC1CC2(C1)CN(Cc1ccccc1)C2. The lowest BCUT2D eigenvalue weighted by molar-refractivity contribution is -0.138. The Labute approximate surface area is 199 Å². The van der Waals surface area contributed by atoms with Crippen LogP contribution in [0.25, 0.3) is 0 Å². The molecule has 0 radical (unpaired) electrons. The van der Waals surface area contributed by atoms with Crippen molar-refractivity contribution in [3.8, 4) is 6.07 Å². The number of piperazine rings is 1. The molecule has 5 rings (SSSR count). The van der Waals surface area contributed by atoms with Crippen LogP contribution in [0.4, 0.5) is 10.7 Å². The molecule has 34 heavy (non-hydrogen) atoms. The van der Waals surface area contributed by atoms with E-state index >= 15 is 0 Å². The number of benzene rings is 1. The summed E-state index contributed by atoms with van der Waals surface area (Å²) < 4.78 is 5.86.